The Hall–Kier alpha value is -0.210. The molecule has 0 N–H and O–H groups in total. The average Bonchev–Trinajstić information content (AvgIpc) is 2.38. The fourth-order valence-electron chi connectivity index (χ4n) is 1.98. The van der Waals surface area contributed by atoms with E-state index in [1.807, 2.05) is 0 Å². The third-order valence-corrected chi connectivity index (χ3v) is 2.71. The molecule has 2 rings (SSSR count). The molecule has 0 radical (unpaired) electrons. The van der Waals surface area contributed by atoms with Crippen LogP contribution in [0.15, 0.2) is 0 Å². The Morgan fingerprint density at radius 1 is 0.900 bits per heavy atom. The van der Waals surface area contributed by atoms with E-state index >= 15 is 0 Å². The summed E-state index contributed by atoms with van der Waals surface area (Å²) in [5.74, 6) is -0.0884. The monoisotopic (exact) mass is 150 g/mol. The maximum Gasteiger partial charge on any atom is 0.391 e. The average molecular weight is 150 g/mol. The van der Waals surface area contributed by atoms with Crippen LogP contribution in [0.3, 0.4) is 0 Å². The first-order valence-electron chi connectivity index (χ1n) is 3.64. The zero-order chi connectivity index (χ0) is 7.35. The van der Waals surface area contributed by atoms with Gasteiger partial charge in [-0.15, -0.1) is 0 Å². The molecule has 0 heterocycles. The molecule has 2 atom stereocenters. The second-order valence-corrected chi connectivity index (χ2v) is 3.47. The van der Waals surface area contributed by atoms with Gasteiger partial charge in [0.2, 0.25) is 0 Å². The molecule has 2 saturated carbocycles. The van der Waals surface area contributed by atoms with Crippen molar-refractivity contribution in [2.45, 2.75) is 25.4 Å². The minimum Gasteiger partial charge on any atom is -0.171 e. The number of alkyl halides is 3. The molecule has 2 fully saturated rings. The summed E-state index contributed by atoms with van der Waals surface area (Å²) in [4.78, 5) is 0. The van der Waals surface area contributed by atoms with Crippen molar-refractivity contribution < 1.29 is 13.2 Å². The summed E-state index contributed by atoms with van der Waals surface area (Å²) in [6.07, 6.45) is -2.03. The van der Waals surface area contributed by atoms with Gasteiger partial charge in [0.15, 0.2) is 0 Å². The third-order valence-electron chi connectivity index (χ3n) is 2.71. The minimum absolute atomic E-state index is 0.411. The van der Waals surface area contributed by atoms with Crippen LogP contribution in [-0.2, 0) is 0 Å². The number of hydrogen-bond donors (Lipinski definition) is 0. The van der Waals surface area contributed by atoms with Crippen molar-refractivity contribution in [3.05, 3.63) is 0 Å². The maximum atomic E-state index is 12.0. The fourth-order valence-corrected chi connectivity index (χ4v) is 1.98. The van der Waals surface area contributed by atoms with E-state index in [1.165, 1.54) is 0 Å². The van der Waals surface area contributed by atoms with Crippen molar-refractivity contribution in [2.75, 3.05) is 0 Å². The highest BCUT2D eigenvalue weighted by Gasteiger charge is 2.54. The van der Waals surface area contributed by atoms with Crippen molar-refractivity contribution in [3.63, 3.8) is 0 Å². The van der Waals surface area contributed by atoms with Crippen LogP contribution in [0.5, 0.6) is 0 Å². The predicted octanol–water partition coefficient (Wildman–Crippen LogP) is 2.59. The zero-order valence-corrected chi connectivity index (χ0v) is 5.49. The lowest BCUT2D eigenvalue weighted by molar-refractivity contribution is -0.175. The van der Waals surface area contributed by atoms with Gasteiger partial charge in [-0.05, 0) is 31.1 Å². The van der Waals surface area contributed by atoms with Gasteiger partial charge in [-0.25, -0.2) is 0 Å². The number of hydrogen-bond acceptors (Lipinski definition) is 0. The summed E-state index contributed by atoms with van der Waals surface area (Å²) in [5, 5.41) is 0. The summed E-state index contributed by atoms with van der Waals surface area (Å²) < 4.78 is 35.9. The van der Waals surface area contributed by atoms with Crippen LogP contribution in [0.4, 0.5) is 13.2 Å². The first kappa shape index (κ1) is 6.50. The molecule has 0 amide bonds. The highest BCUT2D eigenvalue weighted by atomic mass is 19.4. The van der Waals surface area contributed by atoms with E-state index in [0.717, 1.165) is 6.42 Å². The van der Waals surface area contributed by atoms with Crippen molar-refractivity contribution in [1.29, 1.82) is 0 Å². The number of halogens is 3. The second kappa shape index (κ2) is 1.69. The Bertz CT molecular complexity index is 139. The van der Waals surface area contributed by atoms with Gasteiger partial charge in [0, 0.05) is 0 Å². The molecule has 3 heteroatoms. The highest BCUT2D eigenvalue weighted by molar-refractivity contribution is 4.97. The van der Waals surface area contributed by atoms with Gasteiger partial charge in [0.05, 0.1) is 5.92 Å². The quantitative estimate of drug-likeness (QED) is 0.498. The molecule has 0 nitrogen and oxygen atoms in total. The molecule has 58 valence electrons. The Morgan fingerprint density at radius 2 is 1.40 bits per heavy atom. The Labute approximate surface area is 57.4 Å². The molecule has 2 aliphatic rings. The predicted molar refractivity (Wildman–Crippen MR) is 30.4 cm³/mol. The van der Waals surface area contributed by atoms with Crippen LogP contribution in [-0.4, -0.2) is 6.18 Å². The fraction of sp³-hybridized carbons (Fsp3) is 1.00. The normalized spacial score (nSPS) is 45.3. The summed E-state index contributed by atoms with van der Waals surface area (Å²) in [6.45, 7) is 0. The van der Waals surface area contributed by atoms with E-state index in [2.05, 4.69) is 0 Å². The van der Waals surface area contributed by atoms with Crippen molar-refractivity contribution in [1.82, 2.24) is 0 Å². The van der Waals surface area contributed by atoms with Crippen molar-refractivity contribution >= 4 is 0 Å². The molecule has 0 saturated heterocycles. The van der Waals surface area contributed by atoms with E-state index in [9.17, 15) is 13.2 Å². The summed E-state index contributed by atoms with van der Waals surface area (Å²) >= 11 is 0. The van der Waals surface area contributed by atoms with Gasteiger partial charge in [-0.3, -0.25) is 0 Å². The summed E-state index contributed by atoms with van der Waals surface area (Å²) in [6, 6.07) is 0. The molecule has 0 bridgehead atoms. The molecular weight excluding hydrogens is 141 g/mol. The van der Waals surface area contributed by atoms with Crippen LogP contribution < -0.4 is 0 Å². The minimum atomic E-state index is -3.91. The summed E-state index contributed by atoms with van der Waals surface area (Å²) in [5.41, 5.74) is 0. The highest BCUT2D eigenvalue weighted by Crippen LogP contribution is 2.57. The van der Waals surface area contributed by atoms with Crippen LogP contribution in [0.1, 0.15) is 19.3 Å². The molecule has 0 aromatic heterocycles. The lowest BCUT2D eigenvalue weighted by Crippen LogP contribution is -2.20. The largest absolute Gasteiger partial charge is 0.391 e. The smallest absolute Gasteiger partial charge is 0.171 e. The Balaban J connectivity index is 1.97. The Kier molecular flexibility index (Phi) is 1.10. The van der Waals surface area contributed by atoms with Crippen LogP contribution >= 0.6 is 0 Å². The Morgan fingerprint density at radius 3 is 1.70 bits per heavy atom. The van der Waals surface area contributed by atoms with Gasteiger partial charge in [0.25, 0.3) is 0 Å². The summed E-state index contributed by atoms with van der Waals surface area (Å²) in [7, 11) is 0. The van der Waals surface area contributed by atoms with E-state index in [4.69, 9.17) is 0 Å². The standard InChI is InChI=1S/C7H9F3/c8-7(9,10)6-2-4-1-5(4)3-6/h4-6H,1-3H2. The lowest BCUT2D eigenvalue weighted by atomic mass is 10.0. The number of rotatable bonds is 0. The lowest BCUT2D eigenvalue weighted by Gasteiger charge is -2.14. The van der Waals surface area contributed by atoms with E-state index in [-0.39, 0.29) is 0 Å². The third kappa shape index (κ3) is 0.917. The zero-order valence-electron chi connectivity index (χ0n) is 5.49. The van der Waals surface area contributed by atoms with Gasteiger partial charge >= 0.3 is 6.18 Å². The van der Waals surface area contributed by atoms with E-state index < -0.39 is 12.1 Å². The van der Waals surface area contributed by atoms with E-state index in [1.54, 1.807) is 0 Å². The molecule has 0 aromatic rings. The van der Waals surface area contributed by atoms with Crippen LogP contribution in [0, 0.1) is 17.8 Å². The molecule has 10 heavy (non-hydrogen) atoms. The molecule has 2 aliphatic carbocycles. The van der Waals surface area contributed by atoms with E-state index in [0.29, 0.717) is 24.7 Å². The van der Waals surface area contributed by atoms with Gasteiger partial charge in [-0.1, -0.05) is 0 Å². The molecule has 0 aliphatic heterocycles. The molecule has 0 spiro atoms. The number of fused-ring (bicyclic) bond motifs is 1. The topological polar surface area (TPSA) is 0 Å². The second-order valence-electron chi connectivity index (χ2n) is 3.47. The maximum absolute atomic E-state index is 12.0. The van der Waals surface area contributed by atoms with Gasteiger partial charge < -0.3 is 0 Å². The molecule has 2 unspecified atom stereocenters. The van der Waals surface area contributed by atoms with Crippen LogP contribution in [0.25, 0.3) is 0 Å². The van der Waals surface area contributed by atoms with Crippen molar-refractivity contribution in [3.8, 4) is 0 Å². The molecule has 0 aromatic carbocycles. The first-order chi connectivity index (χ1) is 4.57. The van der Waals surface area contributed by atoms with Gasteiger partial charge in [-0.2, -0.15) is 13.2 Å². The van der Waals surface area contributed by atoms with Gasteiger partial charge in [0.1, 0.15) is 0 Å². The van der Waals surface area contributed by atoms with Crippen LogP contribution in [0.2, 0.25) is 0 Å². The SMILES string of the molecule is FC(F)(F)C1CC2CC2C1. The first-order valence-corrected chi connectivity index (χ1v) is 3.64. The van der Waals surface area contributed by atoms with Crippen molar-refractivity contribution in [2.24, 2.45) is 17.8 Å². The molecular formula is C7H9F3.